The highest BCUT2D eigenvalue weighted by atomic mass is 16.4. The third-order valence-electron chi connectivity index (χ3n) is 1.42. The molecule has 7 heteroatoms. The molecule has 1 amide bonds. The molecule has 0 saturated carbocycles. The Morgan fingerprint density at radius 2 is 1.69 bits per heavy atom. The van der Waals surface area contributed by atoms with E-state index in [1.54, 1.807) is 0 Å². The summed E-state index contributed by atoms with van der Waals surface area (Å²) in [5, 5.41) is 25.1. The summed E-state index contributed by atoms with van der Waals surface area (Å²) in [6.45, 7) is 0. The van der Waals surface area contributed by atoms with Gasteiger partial charge in [0.25, 0.3) is 0 Å². The quantitative estimate of drug-likeness (QED) is 0.553. The molecule has 0 aromatic heterocycles. The van der Waals surface area contributed by atoms with E-state index in [-0.39, 0.29) is 0 Å². The molecule has 0 aliphatic rings. The summed E-state index contributed by atoms with van der Waals surface area (Å²) >= 11 is 0. The molecule has 3 N–H and O–H groups in total. The summed E-state index contributed by atoms with van der Waals surface area (Å²) in [6, 6.07) is -1.55. The topological polar surface area (TPSA) is 115 Å². The normalized spacial score (nSPS) is 11.8. The van der Waals surface area contributed by atoms with Crippen molar-refractivity contribution in [1.82, 2.24) is 4.90 Å². The molecule has 7 nitrogen and oxygen atoms in total. The molecule has 1 unspecified atom stereocenters. The fraction of sp³-hybridized carbons (Fsp3) is 0.500. The number of amides is 1. The average Bonchev–Trinajstić information content (AvgIpc) is 1.97. The zero-order chi connectivity index (χ0) is 10.6. The van der Waals surface area contributed by atoms with Crippen molar-refractivity contribution in [3.63, 3.8) is 0 Å². The van der Waals surface area contributed by atoms with E-state index < -0.39 is 30.5 Å². The van der Waals surface area contributed by atoms with Gasteiger partial charge in [0.2, 0.25) is 0 Å². The number of rotatable bonds is 4. The first kappa shape index (κ1) is 11.2. The molecule has 0 heterocycles. The Bertz CT molecular complexity index is 237. The fourth-order valence-electron chi connectivity index (χ4n) is 0.689. The summed E-state index contributed by atoms with van der Waals surface area (Å²) < 4.78 is 0. The molecule has 0 aromatic rings. The van der Waals surface area contributed by atoms with Crippen LogP contribution in [0.25, 0.3) is 0 Å². The van der Waals surface area contributed by atoms with Crippen molar-refractivity contribution >= 4 is 18.0 Å². The van der Waals surface area contributed by atoms with Gasteiger partial charge < -0.3 is 15.3 Å². The zero-order valence-corrected chi connectivity index (χ0v) is 6.80. The lowest BCUT2D eigenvalue weighted by atomic mass is 10.2. The van der Waals surface area contributed by atoms with Crippen molar-refractivity contribution in [1.29, 1.82) is 0 Å². The van der Waals surface area contributed by atoms with Crippen LogP contribution in [0.5, 0.6) is 0 Å². The highest BCUT2D eigenvalue weighted by Crippen LogP contribution is 2.02. The molecule has 0 saturated heterocycles. The van der Waals surface area contributed by atoms with Gasteiger partial charge in [-0.15, -0.1) is 0 Å². The van der Waals surface area contributed by atoms with Gasteiger partial charge in [-0.05, 0) is 0 Å². The maximum Gasteiger partial charge on any atom is 0.407 e. The highest BCUT2D eigenvalue weighted by Gasteiger charge is 2.28. The second-order valence-electron chi connectivity index (χ2n) is 2.35. The van der Waals surface area contributed by atoms with Gasteiger partial charge in [-0.3, -0.25) is 9.69 Å². The van der Waals surface area contributed by atoms with Gasteiger partial charge >= 0.3 is 18.0 Å². The zero-order valence-electron chi connectivity index (χ0n) is 6.80. The maximum atomic E-state index is 10.4. The predicted molar refractivity (Wildman–Crippen MR) is 39.5 cm³/mol. The molecule has 1 atom stereocenters. The Hall–Kier alpha value is -1.79. The second kappa shape index (κ2) is 4.29. The molecule has 0 aliphatic carbocycles. The van der Waals surface area contributed by atoms with Crippen LogP contribution in [-0.2, 0) is 9.59 Å². The average molecular weight is 191 g/mol. The summed E-state index contributed by atoms with van der Waals surface area (Å²) in [5.74, 6) is -2.84. The smallest absolute Gasteiger partial charge is 0.407 e. The lowest BCUT2D eigenvalue weighted by Crippen LogP contribution is -2.42. The van der Waals surface area contributed by atoms with Crippen LogP contribution >= 0.6 is 0 Å². The van der Waals surface area contributed by atoms with Gasteiger partial charge in [0.1, 0.15) is 6.04 Å². The minimum Gasteiger partial charge on any atom is -0.481 e. The molecule has 0 bridgehead atoms. The fourth-order valence-corrected chi connectivity index (χ4v) is 0.689. The second-order valence-corrected chi connectivity index (χ2v) is 2.35. The van der Waals surface area contributed by atoms with E-state index in [1.165, 1.54) is 0 Å². The number of carboxylic acids is 2. The van der Waals surface area contributed by atoms with E-state index in [2.05, 4.69) is 0 Å². The van der Waals surface area contributed by atoms with E-state index in [9.17, 15) is 14.4 Å². The van der Waals surface area contributed by atoms with Crippen molar-refractivity contribution in [2.75, 3.05) is 7.05 Å². The van der Waals surface area contributed by atoms with Crippen LogP contribution in [0.2, 0.25) is 0 Å². The van der Waals surface area contributed by atoms with Crippen molar-refractivity contribution in [3.05, 3.63) is 0 Å². The molecule has 0 aromatic carbocycles. The van der Waals surface area contributed by atoms with Crippen molar-refractivity contribution in [2.45, 2.75) is 12.5 Å². The van der Waals surface area contributed by atoms with Crippen molar-refractivity contribution in [2.24, 2.45) is 0 Å². The number of nitrogens with zero attached hydrogens (tertiary/aromatic N) is 1. The molecular weight excluding hydrogens is 182 g/mol. The molecule has 0 fully saturated rings. The molecule has 0 rings (SSSR count). The lowest BCUT2D eigenvalue weighted by molar-refractivity contribution is -0.148. The van der Waals surface area contributed by atoms with Crippen LogP contribution in [0.15, 0.2) is 0 Å². The highest BCUT2D eigenvalue weighted by molar-refractivity contribution is 5.84. The molecule has 0 radical (unpaired) electrons. The van der Waals surface area contributed by atoms with Crippen LogP contribution in [-0.4, -0.2) is 51.3 Å². The maximum absolute atomic E-state index is 10.4. The monoisotopic (exact) mass is 191 g/mol. The van der Waals surface area contributed by atoms with Crippen LogP contribution in [0.3, 0.4) is 0 Å². The largest absolute Gasteiger partial charge is 0.481 e. The molecule has 0 spiro atoms. The van der Waals surface area contributed by atoms with Crippen LogP contribution in [0.1, 0.15) is 6.42 Å². The van der Waals surface area contributed by atoms with Gasteiger partial charge in [0.05, 0.1) is 6.42 Å². The van der Waals surface area contributed by atoms with Gasteiger partial charge in [-0.1, -0.05) is 0 Å². The number of carbonyl (C=O) groups is 3. The minimum atomic E-state index is -1.55. The van der Waals surface area contributed by atoms with Crippen LogP contribution < -0.4 is 0 Å². The third-order valence-corrected chi connectivity index (χ3v) is 1.42. The van der Waals surface area contributed by atoms with E-state index in [0.717, 1.165) is 7.05 Å². The molecule has 74 valence electrons. The molecule has 0 aliphatic heterocycles. The Balaban J connectivity index is 4.51. The number of aliphatic carboxylic acids is 2. The van der Waals surface area contributed by atoms with Gasteiger partial charge in [-0.25, -0.2) is 9.59 Å². The Morgan fingerprint density at radius 3 is 1.92 bits per heavy atom. The standard InChI is InChI=1S/C6H9NO6/c1-7(6(12)13)3(5(10)11)2-4(8)9/h3H,2H2,1H3,(H,8,9)(H,10,11)(H,12,13). The van der Waals surface area contributed by atoms with Crippen molar-refractivity contribution < 1.29 is 29.7 Å². The Morgan fingerprint density at radius 1 is 1.23 bits per heavy atom. The van der Waals surface area contributed by atoms with Gasteiger partial charge in [0.15, 0.2) is 0 Å². The summed E-state index contributed by atoms with van der Waals surface area (Å²) in [7, 11) is 1.00. The Kier molecular flexibility index (Phi) is 3.70. The molecular formula is C6H9NO6. The minimum absolute atomic E-state index is 0.441. The predicted octanol–water partition coefficient (Wildman–Crippen LogP) is -0.476. The van der Waals surface area contributed by atoms with Crippen LogP contribution in [0.4, 0.5) is 4.79 Å². The number of hydrogen-bond donors (Lipinski definition) is 3. The van der Waals surface area contributed by atoms with E-state index in [0.29, 0.717) is 4.90 Å². The first-order chi connectivity index (χ1) is 5.86. The number of carboxylic acid groups (broad SMARTS) is 3. The number of hydrogen-bond acceptors (Lipinski definition) is 3. The summed E-state index contributed by atoms with van der Waals surface area (Å²) in [6.07, 6.45) is -2.23. The molecule has 13 heavy (non-hydrogen) atoms. The Labute approximate surface area is 73.2 Å². The van der Waals surface area contributed by atoms with E-state index in [1.807, 2.05) is 0 Å². The SMILES string of the molecule is CN(C(=O)O)C(CC(=O)O)C(=O)O. The van der Waals surface area contributed by atoms with Crippen molar-refractivity contribution in [3.8, 4) is 0 Å². The summed E-state index contributed by atoms with van der Waals surface area (Å²) in [4.78, 5) is 31.3. The summed E-state index contributed by atoms with van der Waals surface area (Å²) in [5.41, 5.74) is 0. The lowest BCUT2D eigenvalue weighted by Gasteiger charge is -2.19. The van der Waals surface area contributed by atoms with E-state index in [4.69, 9.17) is 15.3 Å². The van der Waals surface area contributed by atoms with Gasteiger partial charge in [-0.2, -0.15) is 0 Å². The van der Waals surface area contributed by atoms with Gasteiger partial charge in [0, 0.05) is 7.05 Å². The van der Waals surface area contributed by atoms with Crippen LogP contribution in [0, 0.1) is 0 Å². The first-order valence-electron chi connectivity index (χ1n) is 3.26. The van der Waals surface area contributed by atoms with E-state index >= 15 is 0 Å². The third kappa shape index (κ3) is 3.41. The first-order valence-corrected chi connectivity index (χ1v) is 3.26. The number of likely N-dealkylation sites (N-methyl/N-ethyl adjacent to an activating group) is 1.